The van der Waals surface area contributed by atoms with Crippen molar-refractivity contribution in [3.8, 4) is 11.5 Å². The van der Waals surface area contributed by atoms with Crippen molar-refractivity contribution in [2.45, 2.75) is 19.3 Å². The number of morpholine rings is 1. The molecule has 3 rings (SSSR count). The molecular formula is C20H30N2O4. The fraction of sp³-hybridized carbons (Fsp3) is 0.650. The second-order valence-corrected chi connectivity index (χ2v) is 7.04. The average molecular weight is 362 g/mol. The molecule has 2 saturated heterocycles. The van der Waals surface area contributed by atoms with Gasteiger partial charge in [-0.3, -0.25) is 9.69 Å². The van der Waals surface area contributed by atoms with Gasteiger partial charge in [-0.05, 0) is 25.0 Å². The maximum Gasteiger partial charge on any atom is 0.223 e. The maximum atomic E-state index is 12.6. The number of carbonyl (C=O) groups is 1. The van der Waals surface area contributed by atoms with E-state index in [1.165, 1.54) is 0 Å². The highest BCUT2D eigenvalue weighted by atomic mass is 16.5. The van der Waals surface area contributed by atoms with Crippen LogP contribution in [0.5, 0.6) is 11.5 Å². The van der Waals surface area contributed by atoms with Gasteiger partial charge in [-0.15, -0.1) is 0 Å². The van der Waals surface area contributed by atoms with Crippen molar-refractivity contribution in [3.05, 3.63) is 24.3 Å². The lowest BCUT2D eigenvalue weighted by atomic mass is 9.98. The summed E-state index contributed by atoms with van der Waals surface area (Å²) < 4.78 is 16.5. The van der Waals surface area contributed by atoms with Gasteiger partial charge in [0.05, 0.1) is 26.9 Å². The number of amides is 1. The van der Waals surface area contributed by atoms with Crippen LogP contribution in [-0.2, 0) is 9.53 Å². The summed E-state index contributed by atoms with van der Waals surface area (Å²) in [5.41, 5.74) is 0. The zero-order valence-electron chi connectivity index (χ0n) is 15.7. The Morgan fingerprint density at radius 3 is 2.85 bits per heavy atom. The molecule has 6 heteroatoms. The predicted molar refractivity (Wildman–Crippen MR) is 99.7 cm³/mol. The molecule has 2 aliphatic heterocycles. The largest absolute Gasteiger partial charge is 0.497 e. The van der Waals surface area contributed by atoms with Crippen LogP contribution in [0.4, 0.5) is 0 Å². The molecule has 0 radical (unpaired) electrons. The lowest BCUT2D eigenvalue weighted by Gasteiger charge is -2.33. The summed E-state index contributed by atoms with van der Waals surface area (Å²) in [6.45, 7) is 6.57. The van der Waals surface area contributed by atoms with E-state index >= 15 is 0 Å². The molecule has 6 nitrogen and oxygen atoms in total. The summed E-state index contributed by atoms with van der Waals surface area (Å²) in [7, 11) is 1.65. The minimum Gasteiger partial charge on any atom is -0.497 e. The van der Waals surface area contributed by atoms with Gasteiger partial charge in [-0.1, -0.05) is 6.07 Å². The maximum absolute atomic E-state index is 12.6. The number of methoxy groups -OCH3 is 1. The van der Waals surface area contributed by atoms with Gasteiger partial charge >= 0.3 is 0 Å². The summed E-state index contributed by atoms with van der Waals surface area (Å²) in [5.74, 6) is 2.27. The van der Waals surface area contributed by atoms with Crippen molar-refractivity contribution in [1.82, 2.24) is 9.80 Å². The Morgan fingerprint density at radius 1 is 1.23 bits per heavy atom. The molecule has 1 amide bonds. The second kappa shape index (κ2) is 9.78. The minimum absolute atomic E-state index is 0.266. The number of likely N-dealkylation sites (tertiary alicyclic amines) is 1. The Morgan fingerprint density at radius 2 is 2.04 bits per heavy atom. The molecule has 0 aliphatic carbocycles. The van der Waals surface area contributed by atoms with Crippen LogP contribution in [0.2, 0.25) is 0 Å². The number of rotatable bonds is 7. The molecule has 0 aromatic heterocycles. The molecule has 1 aromatic rings. The Bertz CT molecular complexity index is 575. The summed E-state index contributed by atoms with van der Waals surface area (Å²) in [6.07, 6.45) is 2.76. The van der Waals surface area contributed by atoms with Crippen LogP contribution in [0.15, 0.2) is 24.3 Å². The first-order valence-corrected chi connectivity index (χ1v) is 9.59. The smallest absolute Gasteiger partial charge is 0.223 e. The number of piperidine rings is 1. The normalized spacial score (nSPS) is 21.4. The first-order chi connectivity index (χ1) is 12.7. The highest BCUT2D eigenvalue weighted by Crippen LogP contribution is 2.22. The highest BCUT2D eigenvalue weighted by molar-refractivity contribution is 5.76. The number of ether oxygens (including phenoxy) is 3. The van der Waals surface area contributed by atoms with E-state index in [0.717, 1.165) is 70.3 Å². The van der Waals surface area contributed by atoms with Gasteiger partial charge in [-0.25, -0.2) is 0 Å². The number of hydrogen-bond acceptors (Lipinski definition) is 5. The first kappa shape index (κ1) is 19.0. The van der Waals surface area contributed by atoms with E-state index in [4.69, 9.17) is 14.2 Å². The molecular weight excluding hydrogens is 332 g/mol. The van der Waals surface area contributed by atoms with Crippen LogP contribution in [0, 0.1) is 5.92 Å². The van der Waals surface area contributed by atoms with Gasteiger partial charge in [0.1, 0.15) is 11.5 Å². The molecule has 0 unspecified atom stereocenters. The standard InChI is InChI=1S/C20H30N2O4/c1-24-18-5-2-6-19(14-18)26-16-17-4-3-8-22(15-17)20(23)7-9-21-10-12-25-13-11-21/h2,5-6,14,17H,3-4,7-13,15-16H2,1H3/t17-/m1/s1. The van der Waals surface area contributed by atoms with E-state index in [2.05, 4.69) is 4.90 Å². The Balaban J connectivity index is 1.42. The number of carbonyl (C=O) groups excluding carboxylic acids is 1. The molecule has 0 bridgehead atoms. The molecule has 1 atom stereocenters. The molecule has 2 heterocycles. The second-order valence-electron chi connectivity index (χ2n) is 7.04. The Hall–Kier alpha value is -1.79. The number of benzene rings is 1. The Kier molecular flexibility index (Phi) is 7.14. The zero-order chi connectivity index (χ0) is 18.2. The summed E-state index contributed by atoms with van der Waals surface area (Å²) in [6, 6.07) is 7.67. The third-order valence-electron chi connectivity index (χ3n) is 5.14. The minimum atomic E-state index is 0.266. The van der Waals surface area contributed by atoms with E-state index in [-0.39, 0.29) is 5.91 Å². The van der Waals surface area contributed by atoms with Gasteiger partial charge < -0.3 is 19.1 Å². The predicted octanol–water partition coefficient (Wildman–Crippen LogP) is 2.03. The van der Waals surface area contributed by atoms with Crippen molar-refractivity contribution in [2.24, 2.45) is 5.92 Å². The molecule has 2 fully saturated rings. The van der Waals surface area contributed by atoms with Crippen molar-refractivity contribution in [3.63, 3.8) is 0 Å². The van der Waals surface area contributed by atoms with E-state index in [1.54, 1.807) is 7.11 Å². The molecule has 0 saturated carbocycles. The van der Waals surface area contributed by atoms with Crippen molar-refractivity contribution in [1.29, 1.82) is 0 Å². The average Bonchev–Trinajstić information content (AvgIpc) is 2.71. The first-order valence-electron chi connectivity index (χ1n) is 9.59. The Labute approximate surface area is 156 Å². The van der Waals surface area contributed by atoms with Crippen LogP contribution in [0.3, 0.4) is 0 Å². The van der Waals surface area contributed by atoms with E-state index < -0.39 is 0 Å². The fourth-order valence-corrected chi connectivity index (χ4v) is 3.57. The lowest BCUT2D eigenvalue weighted by molar-refractivity contribution is -0.133. The summed E-state index contributed by atoms with van der Waals surface area (Å²) in [4.78, 5) is 16.9. The van der Waals surface area contributed by atoms with Crippen molar-refractivity contribution < 1.29 is 19.0 Å². The number of hydrogen-bond donors (Lipinski definition) is 0. The highest BCUT2D eigenvalue weighted by Gasteiger charge is 2.24. The van der Waals surface area contributed by atoms with Crippen LogP contribution in [0.25, 0.3) is 0 Å². The molecule has 26 heavy (non-hydrogen) atoms. The van der Waals surface area contributed by atoms with Crippen molar-refractivity contribution in [2.75, 3.05) is 59.7 Å². The topological polar surface area (TPSA) is 51.2 Å². The van der Waals surface area contributed by atoms with Gasteiger partial charge in [0, 0.05) is 51.1 Å². The van der Waals surface area contributed by atoms with Crippen LogP contribution in [0.1, 0.15) is 19.3 Å². The van der Waals surface area contributed by atoms with Crippen LogP contribution >= 0.6 is 0 Å². The number of nitrogens with zero attached hydrogens (tertiary/aromatic N) is 2. The molecule has 0 N–H and O–H groups in total. The fourth-order valence-electron chi connectivity index (χ4n) is 3.57. The molecule has 144 valence electrons. The summed E-state index contributed by atoms with van der Waals surface area (Å²) in [5, 5.41) is 0. The monoisotopic (exact) mass is 362 g/mol. The third kappa shape index (κ3) is 5.61. The van der Waals surface area contributed by atoms with Crippen LogP contribution in [-0.4, -0.2) is 75.4 Å². The van der Waals surface area contributed by atoms with Gasteiger partial charge in [-0.2, -0.15) is 0 Å². The third-order valence-corrected chi connectivity index (χ3v) is 5.14. The van der Waals surface area contributed by atoms with Gasteiger partial charge in [0.2, 0.25) is 5.91 Å². The van der Waals surface area contributed by atoms with E-state index in [1.807, 2.05) is 29.2 Å². The molecule has 1 aromatic carbocycles. The summed E-state index contributed by atoms with van der Waals surface area (Å²) >= 11 is 0. The van der Waals surface area contributed by atoms with Gasteiger partial charge in [0.25, 0.3) is 0 Å². The molecule has 2 aliphatic rings. The SMILES string of the molecule is COc1cccc(OC[C@@H]2CCCN(C(=O)CCN3CCOCC3)C2)c1. The van der Waals surface area contributed by atoms with Gasteiger partial charge in [0.15, 0.2) is 0 Å². The quantitative estimate of drug-likeness (QED) is 0.743. The van der Waals surface area contributed by atoms with Crippen LogP contribution < -0.4 is 9.47 Å². The van der Waals surface area contributed by atoms with E-state index in [0.29, 0.717) is 18.9 Å². The van der Waals surface area contributed by atoms with Crippen molar-refractivity contribution >= 4 is 5.91 Å². The lowest BCUT2D eigenvalue weighted by Crippen LogP contribution is -2.44. The molecule has 0 spiro atoms. The zero-order valence-corrected chi connectivity index (χ0v) is 15.7. The van der Waals surface area contributed by atoms with E-state index in [9.17, 15) is 4.79 Å².